The third-order valence-corrected chi connectivity index (χ3v) is 3.37. The van der Waals surface area contributed by atoms with Gasteiger partial charge in [-0.05, 0) is 43.3 Å². The number of rotatable bonds is 7. The Morgan fingerprint density at radius 1 is 0.882 bits per heavy atom. The Kier molecular flexibility index (Phi) is 6.91. The van der Waals surface area contributed by atoms with Gasteiger partial charge in [0.1, 0.15) is 0 Å². The van der Waals surface area contributed by atoms with Gasteiger partial charge in [0.25, 0.3) is 0 Å². The first-order chi connectivity index (χ1) is 8.29. The van der Waals surface area contributed by atoms with Crippen molar-refractivity contribution in [3.05, 3.63) is 23.3 Å². The van der Waals surface area contributed by atoms with Crippen LogP contribution in [0.1, 0.15) is 71.6 Å². The zero-order valence-electron chi connectivity index (χ0n) is 11.4. The number of allylic oxidation sites excluding steroid dienone is 4. The summed E-state index contributed by atoms with van der Waals surface area (Å²) in [4.78, 5) is 12.0. The Labute approximate surface area is 106 Å². The second-order valence-electron chi connectivity index (χ2n) is 4.93. The maximum Gasteiger partial charge on any atom is 0.184 e. The number of unbranched alkanes of at least 4 members (excludes halogenated alkanes) is 5. The molecule has 1 aliphatic rings. The molecule has 1 saturated carbocycles. The first-order valence-electron chi connectivity index (χ1n) is 7.22. The topological polar surface area (TPSA) is 17.1 Å². The number of Topliss-reactive ketones (excluding diaryl/α,β-unsaturated/α-hetero) is 1. The summed E-state index contributed by atoms with van der Waals surface area (Å²) >= 11 is 0. The highest BCUT2D eigenvalue weighted by Crippen LogP contribution is 2.27. The third kappa shape index (κ3) is 4.89. The summed E-state index contributed by atoms with van der Waals surface area (Å²) in [6, 6.07) is 0. The maximum atomic E-state index is 12.0. The Morgan fingerprint density at radius 2 is 1.53 bits per heavy atom. The average Bonchev–Trinajstić information content (AvgIpc) is 2.68. The first-order valence-corrected chi connectivity index (χ1v) is 7.22. The molecule has 1 heteroatoms. The molecule has 17 heavy (non-hydrogen) atoms. The molecule has 0 aromatic heterocycles. The van der Waals surface area contributed by atoms with Gasteiger partial charge in [-0.25, -0.2) is 0 Å². The van der Waals surface area contributed by atoms with Crippen LogP contribution in [0, 0.1) is 0 Å². The summed E-state index contributed by atoms with van der Waals surface area (Å²) in [5.41, 5.74) is 2.13. The molecular formula is C16H26O. The first kappa shape index (κ1) is 14.2. The summed E-state index contributed by atoms with van der Waals surface area (Å²) in [6.45, 7) is 4.38. The molecule has 0 radical (unpaired) electrons. The van der Waals surface area contributed by atoms with Crippen molar-refractivity contribution in [2.24, 2.45) is 0 Å². The second kappa shape index (κ2) is 8.27. The van der Waals surface area contributed by atoms with Crippen molar-refractivity contribution >= 4 is 5.78 Å². The van der Waals surface area contributed by atoms with Crippen LogP contribution in [0.15, 0.2) is 23.3 Å². The largest absolute Gasteiger partial charge is 0.289 e. The van der Waals surface area contributed by atoms with Crippen LogP contribution in [-0.2, 0) is 4.79 Å². The SMILES string of the molecule is CCC/C=C1\CC/C(=C/CCCCCC)C1=O. The van der Waals surface area contributed by atoms with Gasteiger partial charge in [0.15, 0.2) is 5.78 Å². The van der Waals surface area contributed by atoms with Crippen LogP contribution >= 0.6 is 0 Å². The fourth-order valence-corrected chi connectivity index (χ4v) is 2.26. The lowest BCUT2D eigenvalue weighted by molar-refractivity contribution is -0.111. The van der Waals surface area contributed by atoms with Crippen LogP contribution in [0.4, 0.5) is 0 Å². The zero-order chi connectivity index (χ0) is 12.5. The van der Waals surface area contributed by atoms with Gasteiger partial charge < -0.3 is 0 Å². The Morgan fingerprint density at radius 3 is 2.12 bits per heavy atom. The molecule has 0 aliphatic heterocycles. The van der Waals surface area contributed by atoms with Crippen LogP contribution in [0.5, 0.6) is 0 Å². The van der Waals surface area contributed by atoms with E-state index in [9.17, 15) is 4.79 Å². The molecule has 1 aliphatic carbocycles. The lowest BCUT2D eigenvalue weighted by Crippen LogP contribution is -1.95. The van der Waals surface area contributed by atoms with E-state index in [1.54, 1.807) is 0 Å². The molecule has 1 nitrogen and oxygen atoms in total. The van der Waals surface area contributed by atoms with Crippen LogP contribution in [0.3, 0.4) is 0 Å². The van der Waals surface area contributed by atoms with E-state index in [2.05, 4.69) is 26.0 Å². The fourth-order valence-electron chi connectivity index (χ4n) is 2.26. The number of hydrogen-bond acceptors (Lipinski definition) is 1. The van der Waals surface area contributed by atoms with E-state index in [0.717, 1.165) is 43.3 Å². The van der Waals surface area contributed by atoms with E-state index in [1.165, 1.54) is 25.7 Å². The van der Waals surface area contributed by atoms with Gasteiger partial charge in [-0.3, -0.25) is 4.79 Å². The number of hydrogen-bond donors (Lipinski definition) is 0. The lowest BCUT2D eigenvalue weighted by atomic mass is 10.1. The quantitative estimate of drug-likeness (QED) is 0.449. The summed E-state index contributed by atoms with van der Waals surface area (Å²) in [5.74, 6) is 0.328. The molecular weight excluding hydrogens is 208 g/mol. The summed E-state index contributed by atoms with van der Waals surface area (Å²) < 4.78 is 0. The summed E-state index contributed by atoms with van der Waals surface area (Å²) in [7, 11) is 0. The Hall–Kier alpha value is -0.850. The predicted octanol–water partition coefficient (Wildman–Crippen LogP) is 4.97. The lowest BCUT2D eigenvalue weighted by Gasteiger charge is -1.97. The molecule has 0 atom stereocenters. The molecule has 0 N–H and O–H groups in total. The average molecular weight is 234 g/mol. The van der Waals surface area contributed by atoms with E-state index in [0.29, 0.717) is 5.78 Å². The second-order valence-corrected chi connectivity index (χ2v) is 4.93. The summed E-state index contributed by atoms with van der Waals surface area (Å²) in [5, 5.41) is 0. The van der Waals surface area contributed by atoms with Crippen LogP contribution < -0.4 is 0 Å². The highest BCUT2D eigenvalue weighted by atomic mass is 16.1. The van der Waals surface area contributed by atoms with Gasteiger partial charge in [0.2, 0.25) is 0 Å². The molecule has 0 amide bonds. The Balaban J connectivity index is 2.36. The standard InChI is InChI=1S/C16H26O/c1-3-5-7-8-9-11-15-13-12-14(16(15)17)10-6-4-2/h10-11H,3-9,12-13H2,1-2H3/b14-10+,15-11-. The van der Waals surface area contributed by atoms with Crippen molar-refractivity contribution in [2.75, 3.05) is 0 Å². The molecule has 0 unspecified atom stereocenters. The predicted molar refractivity (Wildman–Crippen MR) is 74.1 cm³/mol. The smallest absolute Gasteiger partial charge is 0.184 e. The molecule has 0 aromatic carbocycles. The van der Waals surface area contributed by atoms with E-state index in [1.807, 2.05) is 0 Å². The molecule has 0 spiro atoms. The number of carbonyl (C=O) groups is 1. The minimum absolute atomic E-state index is 0.328. The van der Waals surface area contributed by atoms with Crippen LogP contribution in [0.25, 0.3) is 0 Å². The van der Waals surface area contributed by atoms with Crippen molar-refractivity contribution in [3.8, 4) is 0 Å². The molecule has 0 bridgehead atoms. The van der Waals surface area contributed by atoms with E-state index in [-0.39, 0.29) is 0 Å². The number of carbonyl (C=O) groups excluding carboxylic acids is 1. The highest BCUT2D eigenvalue weighted by molar-refractivity contribution is 6.10. The van der Waals surface area contributed by atoms with Gasteiger partial charge in [-0.15, -0.1) is 0 Å². The van der Waals surface area contributed by atoms with Crippen molar-refractivity contribution in [2.45, 2.75) is 71.6 Å². The fraction of sp³-hybridized carbons (Fsp3) is 0.688. The zero-order valence-corrected chi connectivity index (χ0v) is 11.4. The normalized spacial score (nSPS) is 20.7. The van der Waals surface area contributed by atoms with Crippen molar-refractivity contribution in [1.29, 1.82) is 0 Å². The van der Waals surface area contributed by atoms with Gasteiger partial charge in [0, 0.05) is 0 Å². The van der Waals surface area contributed by atoms with Crippen LogP contribution in [-0.4, -0.2) is 5.78 Å². The van der Waals surface area contributed by atoms with E-state index in [4.69, 9.17) is 0 Å². The minimum atomic E-state index is 0.328. The molecule has 0 saturated heterocycles. The van der Waals surface area contributed by atoms with Crippen LogP contribution in [0.2, 0.25) is 0 Å². The van der Waals surface area contributed by atoms with Crippen molar-refractivity contribution < 1.29 is 4.79 Å². The molecule has 96 valence electrons. The maximum absolute atomic E-state index is 12.0. The van der Waals surface area contributed by atoms with Crippen molar-refractivity contribution in [3.63, 3.8) is 0 Å². The Bertz CT molecular complexity index is 297. The molecule has 1 fully saturated rings. The van der Waals surface area contributed by atoms with Gasteiger partial charge in [-0.2, -0.15) is 0 Å². The monoisotopic (exact) mass is 234 g/mol. The molecule has 1 rings (SSSR count). The van der Waals surface area contributed by atoms with Gasteiger partial charge in [-0.1, -0.05) is 51.7 Å². The molecule has 0 aromatic rings. The summed E-state index contributed by atoms with van der Waals surface area (Å²) in [6.07, 6.45) is 14.7. The van der Waals surface area contributed by atoms with Crippen molar-refractivity contribution in [1.82, 2.24) is 0 Å². The minimum Gasteiger partial charge on any atom is -0.289 e. The molecule has 0 heterocycles. The van der Waals surface area contributed by atoms with E-state index < -0.39 is 0 Å². The third-order valence-electron chi connectivity index (χ3n) is 3.37. The highest BCUT2D eigenvalue weighted by Gasteiger charge is 2.21. The van der Waals surface area contributed by atoms with Gasteiger partial charge in [0.05, 0.1) is 0 Å². The number of ketones is 1. The van der Waals surface area contributed by atoms with E-state index >= 15 is 0 Å². The van der Waals surface area contributed by atoms with Gasteiger partial charge >= 0.3 is 0 Å².